The van der Waals surface area contributed by atoms with Crippen molar-refractivity contribution in [2.75, 3.05) is 5.32 Å². The zero-order chi connectivity index (χ0) is 16.8. The summed E-state index contributed by atoms with van der Waals surface area (Å²) in [7, 11) is 0. The minimum atomic E-state index is -0.00541. The summed E-state index contributed by atoms with van der Waals surface area (Å²) in [6.07, 6.45) is 5.27. The third kappa shape index (κ3) is 4.40. The van der Waals surface area contributed by atoms with Gasteiger partial charge in [0.05, 0.1) is 0 Å². The van der Waals surface area contributed by atoms with Gasteiger partial charge in [-0.25, -0.2) is 4.98 Å². The number of halogens is 1. The molecular formula is C19H17ClN3O+. The van der Waals surface area contributed by atoms with Crippen LogP contribution < -0.4 is 9.88 Å². The molecule has 0 saturated carbocycles. The molecule has 1 N–H and O–H groups in total. The van der Waals surface area contributed by atoms with E-state index < -0.39 is 0 Å². The summed E-state index contributed by atoms with van der Waals surface area (Å²) in [5, 5.41) is 3.74. The van der Waals surface area contributed by atoms with Crippen molar-refractivity contribution in [2.24, 2.45) is 0 Å². The van der Waals surface area contributed by atoms with Crippen LogP contribution in [0.15, 0.2) is 73.2 Å². The Morgan fingerprint density at radius 2 is 1.79 bits per heavy atom. The summed E-state index contributed by atoms with van der Waals surface area (Å²) in [5.74, 6) is -0.00541. The maximum atomic E-state index is 12.2. The first-order chi connectivity index (χ1) is 11.7. The molecule has 0 aliphatic carbocycles. The Balaban J connectivity index is 1.58. The molecule has 0 aliphatic rings. The molecule has 0 aliphatic heterocycles. The van der Waals surface area contributed by atoms with E-state index in [2.05, 4.69) is 22.4 Å². The van der Waals surface area contributed by atoms with Crippen molar-refractivity contribution in [2.45, 2.75) is 13.1 Å². The normalized spacial score (nSPS) is 10.4. The number of carbonyl (C=O) groups excluding carboxylic acids is 1. The SMILES string of the molecule is O=C(C[n+]1ccc(NCc2ccccc2)cc1)c1ccc(Cl)nc1. The van der Waals surface area contributed by atoms with Crippen LogP contribution in [0.3, 0.4) is 0 Å². The van der Waals surface area contributed by atoms with Crippen LogP contribution in [0, 0.1) is 0 Å². The molecule has 0 unspecified atom stereocenters. The highest BCUT2D eigenvalue weighted by Crippen LogP contribution is 2.08. The molecule has 2 aromatic heterocycles. The van der Waals surface area contributed by atoms with E-state index in [-0.39, 0.29) is 12.3 Å². The van der Waals surface area contributed by atoms with Gasteiger partial charge >= 0.3 is 0 Å². The Kier molecular flexibility index (Phi) is 5.18. The van der Waals surface area contributed by atoms with Crippen LogP contribution in [-0.4, -0.2) is 10.8 Å². The predicted octanol–water partition coefficient (Wildman–Crippen LogP) is 3.52. The highest BCUT2D eigenvalue weighted by Gasteiger charge is 2.12. The van der Waals surface area contributed by atoms with Gasteiger partial charge in [-0.15, -0.1) is 0 Å². The molecule has 2 heterocycles. The second kappa shape index (κ2) is 7.70. The molecule has 0 bridgehead atoms. The largest absolute Gasteiger partial charge is 0.381 e. The number of Topliss-reactive ketones (excluding diaryl/α,β-unsaturated/α-hetero) is 1. The number of pyridine rings is 2. The van der Waals surface area contributed by atoms with Crippen LogP contribution in [0.25, 0.3) is 0 Å². The van der Waals surface area contributed by atoms with Crippen molar-refractivity contribution >= 4 is 23.1 Å². The van der Waals surface area contributed by atoms with Gasteiger partial charge in [0.2, 0.25) is 12.3 Å². The molecule has 5 heteroatoms. The molecule has 0 amide bonds. The number of ketones is 1. The number of benzene rings is 1. The van der Waals surface area contributed by atoms with Crippen LogP contribution in [0.2, 0.25) is 5.15 Å². The Morgan fingerprint density at radius 3 is 2.46 bits per heavy atom. The molecule has 0 saturated heterocycles. The molecule has 0 radical (unpaired) electrons. The average Bonchev–Trinajstić information content (AvgIpc) is 2.62. The third-order valence-electron chi connectivity index (χ3n) is 3.61. The van der Waals surface area contributed by atoms with E-state index in [1.165, 1.54) is 11.8 Å². The Morgan fingerprint density at radius 1 is 1.04 bits per heavy atom. The number of nitrogens with one attached hydrogen (secondary N) is 1. The number of nitrogens with zero attached hydrogens (tertiary/aromatic N) is 2. The Hall–Kier alpha value is -2.72. The van der Waals surface area contributed by atoms with Crippen molar-refractivity contribution < 1.29 is 9.36 Å². The Labute approximate surface area is 145 Å². The van der Waals surface area contributed by atoms with Gasteiger partial charge < -0.3 is 5.32 Å². The molecule has 0 fully saturated rings. The Bertz CT molecular complexity index is 802. The summed E-state index contributed by atoms with van der Waals surface area (Å²) < 4.78 is 1.84. The third-order valence-corrected chi connectivity index (χ3v) is 3.83. The van der Waals surface area contributed by atoms with Gasteiger partial charge in [0.25, 0.3) is 0 Å². The second-order valence-electron chi connectivity index (χ2n) is 5.39. The number of hydrogen-bond acceptors (Lipinski definition) is 3. The lowest BCUT2D eigenvalue weighted by atomic mass is 10.2. The van der Waals surface area contributed by atoms with E-state index in [1.807, 2.05) is 47.3 Å². The molecule has 3 aromatic rings. The van der Waals surface area contributed by atoms with Gasteiger partial charge in [-0.1, -0.05) is 41.9 Å². The summed E-state index contributed by atoms with van der Waals surface area (Å²) in [5.41, 5.74) is 2.79. The van der Waals surface area contributed by atoms with Crippen molar-refractivity contribution in [3.05, 3.63) is 89.5 Å². The van der Waals surface area contributed by atoms with Crippen LogP contribution in [0.5, 0.6) is 0 Å². The van der Waals surface area contributed by atoms with Gasteiger partial charge in [0.15, 0.2) is 12.4 Å². The highest BCUT2D eigenvalue weighted by atomic mass is 35.5. The van der Waals surface area contributed by atoms with E-state index in [0.29, 0.717) is 10.7 Å². The first-order valence-electron chi connectivity index (χ1n) is 7.62. The van der Waals surface area contributed by atoms with Gasteiger partial charge in [0, 0.05) is 36.1 Å². The smallest absolute Gasteiger partial charge is 0.229 e. The highest BCUT2D eigenvalue weighted by molar-refractivity contribution is 6.29. The minimum absolute atomic E-state index is 0.00541. The zero-order valence-electron chi connectivity index (χ0n) is 13.0. The number of anilines is 1. The monoisotopic (exact) mass is 338 g/mol. The first kappa shape index (κ1) is 16.1. The zero-order valence-corrected chi connectivity index (χ0v) is 13.8. The number of hydrogen-bond donors (Lipinski definition) is 1. The van der Waals surface area contributed by atoms with Gasteiger partial charge in [-0.3, -0.25) is 4.79 Å². The van der Waals surface area contributed by atoms with Crippen LogP contribution in [0.4, 0.5) is 5.69 Å². The van der Waals surface area contributed by atoms with E-state index in [9.17, 15) is 4.79 Å². The van der Waals surface area contributed by atoms with E-state index in [0.717, 1.165) is 12.2 Å². The van der Waals surface area contributed by atoms with Crippen LogP contribution in [-0.2, 0) is 13.1 Å². The van der Waals surface area contributed by atoms with Crippen molar-refractivity contribution in [3.63, 3.8) is 0 Å². The second-order valence-corrected chi connectivity index (χ2v) is 5.78. The molecule has 0 atom stereocenters. The summed E-state index contributed by atoms with van der Waals surface area (Å²) in [4.78, 5) is 16.1. The molecule has 1 aromatic carbocycles. The van der Waals surface area contributed by atoms with Crippen molar-refractivity contribution in [1.82, 2.24) is 4.98 Å². The lowest BCUT2D eigenvalue weighted by Crippen LogP contribution is -2.37. The lowest BCUT2D eigenvalue weighted by molar-refractivity contribution is -0.683. The number of aromatic nitrogens is 2. The fraction of sp³-hybridized carbons (Fsp3) is 0.105. The maximum absolute atomic E-state index is 12.2. The average molecular weight is 339 g/mol. The maximum Gasteiger partial charge on any atom is 0.229 e. The summed E-state index contributed by atoms with van der Waals surface area (Å²) in [6.45, 7) is 1.03. The molecular weight excluding hydrogens is 322 g/mol. The topological polar surface area (TPSA) is 45.9 Å². The van der Waals surface area contributed by atoms with Crippen LogP contribution >= 0.6 is 11.6 Å². The quantitative estimate of drug-likeness (QED) is 0.425. The van der Waals surface area contributed by atoms with Crippen LogP contribution in [0.1, 0.15) is 15.9 Å². The fourth-order valence-corrected chi connectivity index (χ4v) is 2.39. The summed E-state index contributed by atoms with van der Waals surface area (Å²) in [6, 6.07) is 17.4. The fourth-order valence-electron chi connectivity index (χ4n) is 2.28. The van der Waals surface area contributed by atoms with Gasteiger partial charge in [0.1, 0.15) is 5.15 Å². The standard InChI is InChI=1S/C19H16ClN3O/c20-19-7-6-16(13-22-19)18(24)14-23-10-8-17(9-11-23)21-12-15-4-2-1-3-5-15/h1-11,13H,12,14H2/p+1. The van der Waals surface area contributed by atoms with Crippen molar-refractivity contribution in [3.8, 4) is 0 Å². The lowest BCUT2D eigenvalue weighted by Gasteiger charge is -2.05. The first-order valence-corrected chi connectivity index (χ1v) is 8.00. The minimum Gasteiger partial charge on any atom is -0.381 e. The van der Waals surface area contributed by atoms with Crippen molar-refractivity contribution in [1.29, 1.82) is 0 Å². The molecule has 24 heavy (non-hydrogen) atoms. The molecule has 0 spiro atoms. The number of carbonyl (C=O) groups is 1. The predicted molar refractivity (Wildman–Crippen MR) is 94.0 cm³/mol. The molecule has 4 nitrogen and oxygen atoms in total. The van der Waals surface area contributed by atoms with Gasteiger partial charge in [-0.2, -0.15) is 4.57 Å². The summed E-state index contributed by atoms with van der Waals surface area (Å²) >= 11 is 5.73. The molecule has 120 valence electrons. The van der Waals surface area contributed by atoms with Gasteiger partial charge in [-0.05, 0) is 17.7 Å². The molecule has 3 rings (SSSR count). The van der Waals surface area contributed by atoms with E-state index >= 15 is 0 Å². The number of rotatable bonds is 6. The van der Waals surface area contributed by atoms with E-state index in [1.54, 1.807) is 12.1 Å². The van der Waals surface area contributed by atoms with E-state index in [4.69, 9.17) is 11.6 Å².